The minimum absolute atomic E-state index is 0.00166. The summed E-state index contributed by atoms with van der Waals surface area (Å²) in [4.78, 5) is 32.9. The second-order valence-corrected chi connectivity index (χ2v) is 11.2. The molecule has 208 valence electrons. The first-order chi connectivity index (χ1) is 19.1. The third-order valence-corrected chi connectivity index (χ3v) is 6.95. The molecule has 0 aliphatic carbocycles. The van der Waals surface area contributed by atoms with Crippen molar-refractivity contribution in [3.05, 3.63) is 77.6 Å². The highest BCUT2D eigenvalue weighted by molar-refractivity contribution is 6.05. The average Bonchev–Trinajstić information content (AvgIpc) is 3.36. The Bertz CT molecular complexity index is 1510. The van der Waals surface area contributed by atoms with Crippen molar-refractivity contribution in [1.82, 2.24) is 19.5 Å². The maximum atomic E-state index is 13.6. The second-order valence-electron chi connectivity index (χ2n) is 11.2. The Morgan fingerprint density at radius 2 is 1.68 bits per heavy atom. The summed E-state index contributed by atoms with van der Waals surface area (Å²) in [7, 11) is 1.63. The van der Waals surface area contributed by atoms with Gasteiger partial charge in [-0.3, -0.25) is 4.79 Å². The third kappa shape index (κ3) is 6.09. The van der Waals surface area contributed by atoms with Crippen molar-refractivity contribution < 1.29 is 19.1 Å². The molecule has 9 heteroatoms. The van der Waals surface area contributed by atoms with Gasteiger partial charge in [-0.05, 0) is 76.9 Å². The lowest BCUT2D eigenvalue weighted by molar-refractivity contribution is 0.0203. The van der Waals surface area contributed by atoms with Gasteiger partial charge in [0.05, 0.1) is 24.1 Å². The van der Waals surface area contributed by atoms with E-state index in [9.17, 15) is 9.59 Å². The van der Waals surface area contributed by atoms with Crippen LogP contribution in [0.3, 0.4) is 0 Å². The van der Waals surface area contributed by atoms with Crippen LogP contribution in [0.5, 0.6) is 5.75 Å². The lowest BCUT2D eigenvalue weighted by Crippen LogP contribution is -2.41. The normalized spacial score (nSPS) is 14.3. The monoisotopic (exact) mass is 541 g/mol. The molecular formula is C31H35N5O4. The molecule has 1 fully saturated rings. The smallest absolute Gasteiger partial charge is 0.410 e. The van der Waals surface area contributed by atoms with Gasteiger partial charge < -0.3 is 19.7 Å². The summed E-state index contributed by atoms with van der Waals surface area (Å²) < 4.78 is 12.5. The summed E-state index contributed by atoms with van der Waals surface area (Å²) >= 11 is 0. The number of aryl methyl sites for hydroxylation is 1. The van der Waals surface area contributed by atoms with Crippen LogP contribution in [-0.4, -0.2) is 57.3 Å². The number of amides is 2. The number of hydrogen-bond acceptors (Lipinski definition) is 6. The Morgan fingerprint density at radius 1 is 1.00 bits per heavy atom. The summed E-state index contributed by atoms with van der Waals surface area (Å²) in [5, 5.41) is 7.73. The molecule has 0 radical (unpaired) electrons. The summed E-state index contributed by atoms with van der Waals surface area (Å²) in [5.74, 6) is 0.520. The summed E-state index contributed by atoms with van der Waals surface area (Å²) in [5.41, 5.74) is 4.77. The quantitative estimate of drug-likeness (QED) is 0.329. The van der Waals surface area contributed by atoms with Crippen LogP contribution in [0.4, 0.5) is 10.5 Å². The van der Waals surface area contributed by atoms with Gasteiger partial charge >= 0.3 is 6.09 Å². The van der Waals surface area contributed by atoms with Crippen LogP contribution in [0.25, 0.3) is 16.9 Å². The van der Waals surface area contributed by atoms with Crippen LogP contribution in [0.1, 0.15) is 61.1 Å². The van der Waals surface area contributed by atoms with Crippen molar-refractivity contribution in [1.29, 1.82) is 0 Å². The predicted molar refractivity (Wildman–Crippen MR) is 154 cm³/mol. The van der Waals surface area contributed by atoms with Crippen molar-refractivity contribution >= 4 is 23.3 Å². The van der Waals surface area contributed by atoms with Crippen LogP contribution >= 0.6 is 0 Å². The molecule has 1 aliphatic rings. The van der Waals surface area contributed by atoms with E-state index in [1.165, 1.54) is 0 Å². The fraction of sp³-hybridized carbons (Fsp3) is 0.355. The molecule has 5 rings (SSSR count). The van der Waals surface area contributed by atoms with Crippen LogP contribution in [-0.2, 0) is 4.74 Å². The molecule has 0 unspecified atom stereocenters. The van der Waals surface area contributed by atoms with Crippen LogP contribution < -0.4 is 10.1 Å². The van der Waals surface area contributed by atoms with Crippen molar-refractivity contribution in [3.63, 3.8) is 0 Å². The van der Waals surface area contributed by atoms with Gasteiger partial charge in [0, 0.05) is 42.5 Å². The van der Waals surface area contributed by atoms with Crippen molar-refractivity contribution in [3.8, 4) is 17.0 Å². The van der Waals surface area contributed by atoms with E-state index in [1.54, 1.807) is 22.7 Å². The van der Waals surface area contributed by atoms with E-state index in [1.807, 2.05) is 82.3 Å². The SMILES string of the molecule is COc1ccc(-c2cc3nc(C4CCN(C(=O)OC(C)(C)C)CC4)c(C(=O)Nc4ccc(C)cc4)cn3n2)cc1. The van der Waals surface area contributed by atoms with Gasteiger partial charge in [0.25, 0.3) is 5.91 Å². The lowest BCUT2D eigenvalue weighted by Gasteiger charge is -2.33. The van der Waals surface area contributed by atoms with Gasteiger partial charge in [-0.2, -0.15) is 5.10 Å². The number of nitrogens with one attached hydrogen (secondary N) is 1. The summed E-state index contributed by atoms with van der Waals surface area (Å²) in [6, 6.07) is 17.3. The Labute approximate surface area is 234 Å². The van der Waals surface area contributed by atoms with Gasteiger partial charge in [-0.1, -0.05) is 17.7 Å². The van der Waals surface area contributed by atoms with Crippen molar-refractivity contribution in [2.45, 2.75) is 52.1 Å². The molecular weight excluding hydrogens is 506 g/mol. The van der Waals surface area contributed by atoms with E-state index in [0.29, 0.717) is 48.5 Å². The van der Waals surface area contributed by atoms with Gasteiger partial charge in [0.1, 0.15) is 11.4 Å². The molecule has 0 atom stereocenters. The molecule has 1 N–H and O–H groups in total. The number of piperidine rings is 1. The Morgan fingerprint density at radius 3 is 2.30 bits per heavy atom. The Hall–Kier alpha value is -4.40. The number of rotatable bonds is 5. The second kappa shape index (κ2) is 11.0. The predicted octanol–water partition coefficient (Wildman–Crippen LogP) is 6.08. The Balaban J connectivity index is 1.46. The maximum Gasteiger partial charge on any atom is 0.410 e. The number of methoxy groups -OCH3 is 1. The number of benzene rings is 2. The fourth-order valence-corrected chi connectivity index (χ4v) is 4.82. The minimum atomic E-state index is -0.550. The molecule has 0 bridgehead atoms. The standard InChI is InChI=1S/C31H35N5O4/c1-20-6-10-23(11-7-20)32-29(37)25-19-36-27(18-26(34-36)21-8-12-24(39-5)13-9-21)33-28(25)22-14-16-35(17-15-22)30(38)40-31(2,3)4/h6-13,18-19,22H,14-17H2,1-5H3,(H,32,37). The van der Waals surface area contributed by atoms with Gasteiger partial charge in [-0.25, -0.2) is 14.3 Å². The average molecular weight is 542 g/mol. The zero-order chi connectivity index (χ0) is 28.4. The minimum Gasteiger partial charge on any atom is -0.497 e. The number of hydrogen-bond donors (Lipinski definition) is 1. The topological polar surface area (TPSA) is 98.1 Å². The molecule has 3 heterocycles. The molecule has 2 aromatic heterocycles. The first-order valence-electron chi connectivity index (χ1n) is 13.5. The number of fused-ring (bicyclic) bond motifs is 1. The van der Waals surface area contributed by atoms with E-state index in [2.05, 4.69) is 5.32 Å². The largest absolute Gasteiger partial charge is 0.497 e. The van der Waals surface area contributed by atoms with Crippen LogP contribution in [0, 0.1) is 6.92 Å². The highest BCUT2D eigenvalue weighted by atomic mass is 16.6. The zero-order valence-corrected chi connectivity index (χ0v) is 23.6. The van der Waals surface area contributed by atoms with E-state index >= 15 is 0 Å². The van der Waals surface area contributed by atoms with E-state index in [0.717, 1.165) is 22.6 Å². The van der Waals surface area contributed by atoms with Gasteiger partial charge in [0.15, 0.2) is 5.65 Å². The van der Waals surface area contributed by atoms with E-state index < -0.39 is 5.60 Å². The molecule has 2 amide bonds. The zero-order valence-electron chi connectivity index (χ0n) is 23.6. The molecule has 0 spiro atoms. The molecule has 1 aliphatic heterocycles. The fourth-order valence-electron chi connectivity index (χ4n) is 4.82. The molecule has 9 nitrogen and oxygen atoms in total. The number of aromatic nitrogens is 3. The first kappa shape index (κ1) is 27.2. The highest BCUT2D eigenvalue weighted by Gasteiger charge is 2.31. The van der Waals surface area contributed by atoms with Crippen molar-refractivity contribution in [2.24, 2.45) is 0 Å². The molecule has 2 aromatic carbocycles. The number of likely N-dealkylation sites (tertiary alicyclic amines) is 1. The summed E-state index contributed by atoms with van der Waals surface area (Å²) in [6.07, 6.45) is 2.79. The van der Waals surface area contributed by atoms with Crippen LogP contribution in [0.2, 0.25) is 0 Å². The van der Waals surface area contributed by atoms with E-state index in [-0.39, 0.29) is 17.9 Å². The van der Waals surface area contributed by atoms with Gasteiger partial charge in [-0.15, -0.1) is 0 Å². The highest BCUT2D eigenvalue weighted by Crippen LogP contribution is 2.32. The van der Waals surface area contributed by atoms with E-state index in [4.69, 9.17) is 19.6 Å². The number of carbonyl (C=O) groups is 2. The number of nitrogens with zero attached hydrogens (tertiary/aromatic N) is 4. The molecule has 0 saturated carbocycles. The number of carbonyl (C=O) groups excluding carboxylic acids is 2. The molecule has 40 heavy (non-hydrogen) atoms. The lowest BCUT2D eigenvalue weighted by atomic mass is 9.90. The van der Waals surface area contributed by atoms with Crippen molar-refractivity contribution in [2.75, 3.05) is 25.5 Å². The first-order valence-corrected chi connectivity index (χ1v) is 13.5. The number of anilines is 1. The summed E-state index contributed by atoms with van der Waals surface area (Å²) in [6.45, 7) is 8.65. The maximum absolute atomic E-state index is 13.6. The molecule has 1 saturated heterocycles. The molecule has 4 aromatic rings. The third-order valence-electron chi connectivity index (χ3n) is 6.95. The van der Waals surface area contributed by atoms with Gasteiger partial charge in [0.2, 0.25) is 0 Å². The Kier molecular flexibility index (Phi) is 7.47. The number of ether oxygens (including phenoxy) is 2. The van der Waals surface area contributed by atoms with Crippen LogP contribution in [0.15, 0.2) is 60.8 Å².